The van der Waals surface area contributed by atoms with Crippen LogP contribution >= 0.6 is 11.3 Å². The maximum atomic E-state index is 13.0. The van der Waals surface area contributed by atoms with Crippen LogP contribution in [0.15, 0.2) is 34.5 Å². The molecular formula is C17H20N2O5S2. The van der Waals surface area contributed by atoms with Crippen LogP contribution in [-0.2, 0) is 14.8 Å². The van der Waals surface area contributed by atoms with E-state index in [2.05, 4.69) is 5.32 Å². The normalized spacial score (nSPS) is 15.6. The maximum absolute atomic E-state index is 13.0. The second-order valence-corrected chi connectivity index (χ2v) is 8.59. The Bertz CT molecular complexity index is 902. The third kappa shape index (κ3) is 3.75. The zero-order valence-electron chi connectivity index (χ0n) is 14.5. The van der Waals surface area contributed by atoms with Crippen molar-refractivity contribution in [2.75, 3.05) is 38.7 Å². The fraction of sp³-hybridized carbons (Fsp3) is 0.353. The van der Waals surface area contributed by atoms with Crippen molar-refractivity contribution in [3.8, 4) is 5.75 Å². The first-order valence-electron chi connectivity index (χ1n) is 8.05. The lowest BCUT2D eigenvalue weighted by Gasteiger charge is -2.26. The highest BCUT2D eigenvalue weighted by molar-refractivity contribution is 7.89. The molecule has 1 saturated heterocycles. The topological polar surface area (TPSA) is 84.9 Å². The number of hydrogen-bond acceptors (Lipinski definition) is 6. The molecule has 0 radical (unpaired) electrons. The Labute approximate surface area is 156 Å². The minimum absolute atomic E-state index is 0.0302. The van der Waals surface area contributed by atoms with Crippen molar-refractivity contribution in [1.29, 1.82) is 0 Å². The van der Waals surface area contributed by atoms with Gasteiger partial charge in [0.2, 0.25) is 10.0 Å². The van der Waals surface area contributed by atoms with Crippen molar-refractivity contribution in [3.63, 3.8) is 0 Å². The van der Waals surface area contributed by atoms with E-state index in [-0.39, 0.29) is 29.6 Å². The summed E-state index contributed by atoms with van der Waals surface area (Å²) in [6, 6.07) is 6.47. The van der Waals surface area contributed by atoms with E-state index < -0.39 is 10.0 Å². The number of benzene rings is 1. The number of nitrogens with one attached hydrogen (secondary N) is 1. The van der Waals surface area contributed by atoms with E-state index >= 15 is 0 Å². The van der Waals surface area contributed by atoms with E-state index in [0.717, 1.165) is 5.56 Å². The highest BCUT2D eigenvalue weighted by Gasteiger charge is 2.29. The van der Waals surface area contributed by atoms with Crippen molar-refractivity contribution in [1.82, 2.24) is 4.31 Å². The Morgan fingerprint density at radius 1 is 1.27 bits per heavy atom. The number of morpholine rings is 1. The summed E-state index contributed by atoms with van der Waals surface area (Å²) in [6.45, 7) is 3.14. The number of carbonyl (C=O) groups is 1. The highest BCUT2D eigenvalue weighted by atomic mass is 32.2. The molecule has 0 bridgehead atoms. The number of hydrogen-bond donors (Lipinski definition) is 1. The second kappa shape index (κ2) is 7.75. The minimum Gasteiger partial charge on any atom is -0.495 e. The molecule has 2 heterocycles. The van der Waals surface area contributed by atoms with Crippen molar-refractivity contribution in [3.05, 3.63) is 40.1 Å². The third-order valence-electron chi connectivity index (χ3n) is 4.08. The summed E-state index contributed by atoms with van der Waals surface area (Å²) in [6.07, 6.45) is 0. The average Bonchev–Trinajstić information content (AvgIpc) is 3.08. The number of anilines is 1. The zero-order valence-corrected chi connectivity index (χ0v) is 16.2. The molecule has 26 heavy (non-hydrogen) atoms. The maximum Gasteiger partial charge on any atom is 0.265 e. The Morgan fingerprint density at radius 2 is 2.00 bits per heavy atom. The molecule has 1 amide bonds. The molecule has 1 N–H and O–H groups in total. The molecule has 1 aliphatic rings. The molecule has 0 spiro atoms. The van der Waals surface area contributed by atoms with E-state index in [4.69, 9.17) is 9.47 Å². The highest BCUT2D eigenvalue weighted by Crippen LogP contribution is 2.30. The Balaban J connectivity index is 1.91. The van der Waals surface area contributed by atoms with Crippen LogP contribution in [0.5, 0.6) is 5.75 Å². The Hall–Kier alpha value is -1.94. The summed E-state index contributed by atoms with van der Waals surface area (Å²) >= 11 is 1.34. The van der Waals surface area contributed by atoms with Gasteiger partial charge in [0.1, 0.15) is 10.6 Å². The van der Waals surface area contributed by atoms with E-state index in [1.54, 1.807) is 12.1 Å². The molecule has 1 aromatic carbocycles. The van der Waals surface area contributed by atoms with Gasteiger partial charge in [-0.05, 0) is 42.1 Å². The number of ether oxygens (including phenoxy) is 2. The number of thiophene rings is 1. The predicted octanol–water partition coefficient (Wildman–Crippen LogP) is 2.34. The van der Waals surface area contributed by atoms with Crippen LogP contribution in [0.4, 0.5) is 5.69 Å². The van der Waals surface area contributed by atoms with E-state index in [1.165, 1.54) is 28.8 Å². The van der Waals surface area contributed by atoms with Crippen LogP contribution in [0.3, 0.4) is 0 Å². The van der Waals surface area contributed by atoms with E-state index in [9.17, 15) is 13.2 Å². The van der Waals surface area contributed by atoms with Gasteiger partial charge in [0.15, 0.2) is 0 Å². The van der Waals surface area contributed by atoms with Crippen molar-refractivity contribution >= 4 is 33.0 Å². The molecule has 0 aliphatic carbocycles. The molecule has 7 nitrogen and oxygen atoms in total. The molecule has 0 unspecified atom stereocenters. The first kappa shape index (κ1) is 18.8. The first-order chi connectivity index (χ1) is 12.4. The van der Waals surface area contributed by atoms with Gasteiger partial charge in [-0.25, -0.2) is 8.42 Å². The van der Waals surface area contributed by atoms with Crippen LogP contribution in [-0.4, -0.2) is 52.0 Å². The quantitative estimate of drug-likeness (QED) is 0.839. The van der Waals surface area contributed by atoms with Gasteiger partial charge in [0.25, 0.3) is 5.91 Å². The molecule has 2 aromatic rings. The van der Waals surface area contributed by atoms with Gasteiger partial charge < -0.3 is 14.8 Å². The SMILES string of the molecule is COc1ccc(NC(=O)c2sccc2C)cc1S(=O)(=O)N1CCOCC1. The molecule has 3 rings (SSSR count). The Kier molecular flexibility index (Phi) is 5.61. The van der Waals surface area contributed by atoms with Gasteiger partial charge in [-0.2, -0.15) is 4.31 Å². The monoisotopic (exact) mass is 396 g/mol. The number of aryl methyl sites for hydroxylation is 1. The van der Waals surface area contributed by atoms with Gasteiger partial charge in [-0.3, -0.25) is 4.79 Å². The van der Waals surface area contributed by atoms with Crippen LogP contribution in [0.25, 0.3) is 0 Å². The van der Waals surface area contributed by atoms with Crippen LogP contribution in [0, 0.1) is 6.92 Å². The number of sulfonamides is 1. The summed E-state index contributed by atoms with van der Waals surface area (Å²) in [5, 5.41) is 4.60. The van der Waals surface area contributed by atoms with Gasteiger partial charge >= 0.3 is 0 Å². The fourth-order valence-electron chi connectivity index (χ4n) is 2.68. The number of amides is 1. The third-order valence-corrected chi connectivity index (χ3v) is 7.01. The lowest BCUT2D eigenvalue weighted by molar-refractivity contribution is 0.0729. The molecule has 1 aromatic heterocycles. The molecular weight excluding hydrogens is 376 g/mol. The van der Waals surface area contributed by atoms with Crippen LogP contribution in [0.2, 0.25) is 0 Å². The molecule has 0 atom stereocenters. The van der Waals surface area contributed by atoms with Crippen LogP contribution < -0.4 is 10.1 Å². The molecule has 140 valence electrons. The molecule has 9 heteroatoms. The summed E-state index contributed by atoms with van der Waals surface area (Å²) in [5.41, 5.74) is 1.28. The fourth-order valence-corrected chi connectivity index (χ4v) is 5.09. The summed E-state index contributed by atoms with van der Waals surface area (Å²) in [5.74, 6) is -0.0285. The largest absolute Gasteiger partial charge is 0.495 e. The summed E-state index contributed by atoms with van der Waals surface area (Å²) < 4.78 is 37.7. The number of nitrogens with zero attached hydrogens (tertiary/aromatic N) is 1. The van der Waals surface area contributed by atoms with E-state index in [1.807, 2.05) is 18.4 Å². The summed E-state index contributed by atoms with van der Waals surface area (Å²) in [4.78, 5) is 13.0. The molecule has 0 saturated carbocycles. The van der Waals surface area contributed by atoms with Crippen LogP contribution in [0.1, 0.15) is 15.2 Å². The minimum atomic E-state index is -3.75. The van der Waals surface area contributed by atoms with Crippen molar-refractivity contribution < 1.29 is 22.7 Å². The Morgan fingerprint density at radius 3 is 2.62 bits per heavy atom. The van der Waals surface area contributed by atoms with Gasteiger partial charge in [-0.1, -0.05) is 0 Å². The summed E-state index contributed by atoms with van der Waals surface area (Å²) in [7, 11) is -2.33. The van der Waals surface area contributed by atoms with Gasteiger partial charge in [0, 0.05) is 18.8 Å². The zero-order chi connectivity index (χ0) is 18.7. The van der Waals surface area contributed by atoms with Gasteiger partial charge in [-0.15, -0.1) is 11.3 Å². The van der Waals surface area contributed by atoms with Crippen molar-refractivity contribution in [2.45, 2.75) is 11.8 Å². The predicted molar refractivity (Wildman–Crippen MR) is 99.6 cm³/mol. The first-order valence-corrected chi connectivity index (χ1v) is 10.4. The molecule has 1 aliphatic heterocycles. The van der Waals surface area contributed by atoms with Gasteiger partial charge in [0.05, 0.1) is 25.2 Å². The number of methoxy groups -OCH3 is 1. The standard InChI is InChI=1S/C17H20N2O5S2/c1-12-5-10-25-16(12)17(20)18-13-3-4-14(23-2)15(11-13)26(21,22)19-6-8-24-9-7-19/h3-5,10-11H,6-9H2,1-2H3,(H,18,20). The van der Waals surface area contributed by atoms with Crippen molar-refractivity contribution in [2.24, 2.45) is 0 Å². The van der Waals surface area contributed by atoms with E-state index in [0.29, 0.717) is 23.8 Å². The second-order valence-electron chi connectivity index (χ2n) is 5.77. The average molecular weight is 396 g/mol. The molecule has 1 fully saturated rings. The lowest BCUT2D eigenvalue weighted by Crippen LogP contribution is -2.40. The smallest absolute Gasteiger partial charge is 0.265 e. The lowest BCUT2D eigenvalue weighted by atomic mass is 10.2. The number of carbonyl (C=O) groups excluding carboxylic acids is 1. The number of rotatable bonds is 5.